The van der Waals surface area contributed by atoms with Crippen LogP contribution in [0.3, 0.4) is 0 Å². The molecule has 0 spiro atoms. The Morgan fingerprint density at radius 1 is 1.38 bits per heavy atom. The van der Waals surface area contributed by atoms with Crippen molar-refractivity contribution in [3.05, 3.63) is 0 Å². The average molecular weight is 227 g/mol. The van der Waals surface area contributed by atoms with E-state index in [0.717, 1.165) is 18.8 Å². The van der Waals surface area contributed by atoms with E-state index in [2.05, 4.69) is 5.32 Å². The van der Waals surface area contributed by atoms with Crippen molar-refractivity contribution >= 4 is 5.91 Å². The lowest BCUT2D eigenvalue weighted by molar-refractivity contribution is -0.122. The van der Waals surface area contributed by atoms with E-state index < -0.39 is 0 Å². The summed E-state index contributed by atoms with van der Waals surface area (Å²) in [6, 6.07) is -0.0566. The van der Waals surface area contributed by atoms with Gasteiger partial charge in [-0.1, -0.05) is 39.0 Å². The molecule has 1 saturated carbocycles. The number of carbonyl (C=O) groups is 1. The fourth-order valence-electron chi connectivity index (χ4n) is 2.39. The number of hydrogen-bond donors (Lipinski definition) is 2. The summed E-state index contributed by atoms with van der Waals surface area (Å²) >= 11 is 0. The fourth-order valence-corrected chi connectivity index (χ4v) is 2.39. The molecule has 0 aromatic rings. The average Bonchev–Trinajstić information content (AvgIpc) is 2.34. The number of nitrogens with one attached hydrogen (secondary N) is 1. The zero-order valence-electron chi connectivity index (χ0n) is 10.4. The van der Waals surface area contributed by atoms with Crippen molar-refractivity contribution < 1.29 is 9.90 Å². The van der Waals surface area contributed by atoms with Crippen LogP contribution in [-0.2, 0) is 4.79 Å². The Hall–Kier alpha value is -0.570. The molecule has 3 heteroatoms. The molecular weight excluding hydrogens is 202 g/mol. The standard InChI is InChI=1S/C13H25NO2/c1-2-12(10-15)14-13(16)9-8-11-6-4-3-5-7-11/h11-12,15H,2-10H2,1H3,(H,14,16)/t12-/m1/s1. The first-order valence-electron chi connectivity index (χ1n) is 6.66. The van der Waals surface area contributed by atoms with Gasteiger partial charge < -0.3 is 10.4 Å². The van der Waals surface area contributed by atoms with Crippen LogP contribution in [0.5, 0.6) is 0 Å². The highest BCUT2D eigenvalue weighted by molar-refractivity contribution is 5.76. The summed E-state index contributed by atoms with van der Waals surface area (Å²) in [7, 11) is 0. The predicted octanol–water partition coefficient (Wildman–Crippen LogP) is 2.23. The van der Waals surface area contributed by atoms with E-state index >= 15 is 0 Å². The smallest absolute Gasteiger partial charge is 0.220 e. The molecule has 1 aliphatic carbocycles. The molecule has 1 rings (SSSR count). The Bertz CT molecular complexity index is 196. The minimum Gasteiger partial charge on any atom is -0.394 e. The van der Waals surface area contributed by atoms with Crippen molar-refractivity contribution in [3.63, 3.8) is 0 Å². The van der Waals surface area contributed by atoms with Crippen LogP contribution in [-0.4, -0.2) is 23.7 Å². The molecule has 0 bridgehead atoms. The van der Waals surface area contributed by atoms with Gasteiger partial charge in [-0.15, -0.1) is 0 Å². The highest BCUT2D eigenvalue weighted by Gasteiger charge is 2.15. The molecule has 0 radical (unpaired) electrons. The highest BCUT2D eigenvalue weighted by Crippen LogP contribution is 2.27. The summed E-state index contributed by atoms with van der Waals surface area (Å²) in [5.41, 5.74) is 0. The van der Waals surface area contributed by atoms with E-state index in [1.807, 2.05) is 6.92 Å². The maximum Gasteiger partial charge on any atom is 0.220 e. The van der Waals surface area contributed by atoms with Crippen molar-refractivity contribution in [2.24, 2.45) is 5.92 Å². The summed E-state index contributed by atoms with van der Waals surface area (Å²) in [6.45, 7) is 2.02. The Labute approximate surface area is 98.6 Å². The van der Waals surface area contributed by atoms with E-state index in [0.29, 0.717) is 6.42 Å². The maximum absolute atomic E-state index is 11.6. The minimum atomic E-state index is -0.0566. The fraction of sp³-hybridized carbons (Fsp3) is 0.923. The van der Waals surface area contributed by atoms with Gasteiger partial charge in [-0.3, -0.25) is 4.79 Å². The van der Waals surface area contributed by atoms with Gasteiger partial charge in [-0.05, 0) is 18.8 Å². The quantitative estimate of drug-likeness (QED) is 0.731. The SMILES string of the molecule is CC[C@H](CO)NC(=O)CCC1CCCCC1. The predicted molar refractivity (Wildman–Crippen MR) is 65.1 cm³/mol. The molecule has 1 aliphatic rings. The number of aliphatic hydroxyl groups is 1. The van der Waals surface area contributed by atoms with Crippen molar-refractivity contribution in [3.8, 4) is 0 Å². The van der Waals surface area contributed by atoms with Crippen molar-refractivity contribution in [1.29, 1.82) is 0 Å². The van der Waals surface area contributed by atoms with Crippen LogP contribution >= 0.6 is 0 Å². The maximum atomic E-state index is 11.6. The summed E-state index contributed by atoms with van der Waals surface area (Å²) in [5, 5.41) is 11.8. The third-order valence-electron chi connectivity index (χ3n) is 3.58. The molecule has 1 atom stereocenters. The van der Waals surface area contributed by atoms with E-state index in [9.17, 15) is 4.79 Å². The molecular formula is C13H25NO2. The monoisotopic (exact) mass is 227 g/mol. The minimum absolute atomic E-state index is 0.0473. The van der Waals surface area contributed by atoms with Gasteiger partial charge in [0.2, 0.25) is 5.91 Å². The molecule has 1 amide bonds. The third kappa shape index (κ3) is 4.97. The number of amides is 1. The van der Waals surface area contributed by atoms with Crippen LogP contribution in [0.2, 0.25) is 0 Å². The lowest BCUT2D eigenvalue weighted by Gasteiger charge is -2.21. The van der Waals surface area contributed by atoms with E-state index in [4.69, 9.17) is 5.11 Å². The van der Waals surface area contributed by atoms with Crippen LogP contribution in [0.4, 0.5) is 0 Å². The second-order valence-corrected chi connectivity index (χ2v) is 4.90. The second kappa shape index (κ2) is 7.66. The topological polar surface area (TPSA) is 49.3 Å². The van der Waals surface area contributed by atoms with E-state index in [-0.39, 0.29) is 18.6 Å². The summed E-state index contributed by atoms with van der Waals surface area (Å²) in [5.74, 6) is 0.861. The molecule has 3 nitrogen and oxygen atoms in total. The summed E-state index contributed by atoms with van der Waals surface area (Å²) in [4.78, 5) is 11.6. The van der Waals surface area contributed by atoms with Gasteiger partial charge in [-0.2, -0.15) is 0 Å². The van der Waals surface area contributed by atoms with Gasteiger partial charge in [0.1, 0.15) is 0 Å². The summed E-state index contributed by atoms with van der Waals surface area (Å²) in [6.07, 6.45) is 9.07. The molecule has 94 valence electrons. The first-order chi connectivity index (χ1) is 7.76. The Balaban J connectivity index is 2.13. The molecule has 0 aromatic carbocycles. The van der Waals surface area contributed by atoms with Crippen LogP contribution < -0.4 is 5.32 Å². The van der Waals surface area contributed by atoms with Crippen LogP contribution in [0.15, 0.2) is 0 Å². The summed E-state index contributed by atoms with van der Waals surface area (Å²) < 4.78 is 0. The number of aliphatic hydroxyl groups excluding tert-OH is 1. The van der Waals surface area contributed by atoms with Gasteiger partial charge in [0.15, 0.2) is 0 Å². The first-order valence-corrected chi connectivity index (χ1v) is 6.66. The third-order valence-corrected chi connectivity index (χ3v) is 3.58. The van der Waals surface area contributed by atoms with Crippen LogP contribution in [0.25, 0.3) is 0 Å². The normalized spacial score (nSPS) is 19.4. The van der Waals surface area contributed by atoms with Gasteiger partial charge in [0.25, 0.3) is 0 Å². The van der Waals surface area contributed by atoms with Crippen molar-refractivity contribution in [2.45, 2.75) is 64.3 Å². The zero-order chi connectivity index (χ0) is 11.8. The van der Waals surface area contributed by atoms with Crippen molar-refractivity contribution in [1.82, 2.24) is 5.32 Å². The van der Waals surface area contributed by atoms with Gasteiger partial charge >= 0.3 is 0 Å². The van der Waals surface area contributed by atoms with Crippen molar-refractivity contribution in [2.75, 3.05) is 6.61 Å². The molecule has 0 unspecified atom stereocenters. The first kappa shape index (κ1) is 13.5. The second-order valence-electron chi connectivity index (χ2n) is 4.90. The molecule has 0 heterocycles. The van der Waals surface area contributed by atoms with Gasteiger partial charge in [0, 0.05) is 6.42 Å². The van der Waals surface area contributed by atoms with E-state index in [1.54, 1.807) is 0 Å². The Kier molecular flexibility index (Phi) is 6.46. The number of rotatable bonds is 6. The van der Waals surface area contributed by atoms with Crippen LogP contribution in [0.1, 0.15) is 58.3 Å². The molecule has 0 aromatic heterocycles. The van der Waals surface area contributed by atoms with Gasteiger partial charge in [0.05, 0.1) is 12.6 Å². The highest BCUT2D eigenvalue weighted by atomic mass is 16.3. The lowest BCUT2D eigenvalue weighted by atomic mass is 9.86. The Morgan fingerprint density at radius 2 is 2.06 bits per heavy atom. The molecule has 0 aliphatic heterocycles. The molecule has 16 heavy (non-hydrogen) atoms. The number of hydrogen-bond acceptors (Lipinski definition) is 2. The number of carbonyl (C=O) groups excluding carboxylic acids is 1. The zero-order valence-corrected chi connectivity index (χ0v) is 10.4. The largest absolute Gasteiger partial charge is 0.394 e. The molecule has 2 N–H and O–H groups in total. The van der Waals surface area contributed by atoms with Crippen LogP contribution in [0, 0.1) is 5.92 Å². The Morgan fingerprint density at radius 3 is 2.62 bits per heavy atom. The van der Waals surface area contributed by atoms with Gasteiger partial charge in [-0.25, -0.2) is 0 Å². The molecule has 0 saturated heterocycles. The lowest BCUT2D eigenvalue weighted by Crippen LogP contribution is -2.37. The van der Waals surface area contributed by atoms with E-state index in [1.165, 1.54) is 32.1 Å². The molecule has 1 fully saturated rings.